The summed E-state index contributed by atoms with van der Waals surface area (Å²) in [5.41, 5.74) is 0.593. The largest absolute Gasteiger partial charge is 0.289 e. The van der Waals surface area contributed by atoms with Crippen LogP contribution < -0.4 is 5.43 Å². The summed E-state index contributed by atoms with van der Waals surface area (Å²) in [6.07, 6.45) is 3.54. The van der Waals surface area contributed by atoms with Crippen molar-refractivity contribution < 1.29 is 0 Å². The summed E-state index contributed by atoms with van der Waals surface area (Å²) in [4.78, 5) is 11.8. The van der Waals surface area contributed by atoms with Crippen LogP contribution in [0.5, 0.6) is 0 Å². The number of nitrogens with zero attached hydrogens (tertiary/aromatic N) is 2. The summed E-state index contributed by atoms with van der Waals surface area (Å²) < 4.78 is 1.41. The van der Waals surface area contributed by atoms with E-state index in [-0.39, 0.29) is 5.43 Å². The molecule has 0 aliphatic heterocycles. The van der Waals surface area contributed by atoms with Crippen molar-refractivity contribution in [3.8, 4) is 6.19 Å². The molecule has 0 aliphatic carbocycles. The Morgan fingerprint density at radius 2 is 1.76 bits per heavy atom. The molecule has 3 heteroatoms. The second-order valence-electron chi connectivity index (χ2n) is 3.87. The molecule has 3 aromatic rings. The first-order valence-electron chi connectivity index (χ1n) is 5.24. The number of hydrogen-bond donors (Lipinski definition) is 0. The molecule has 0 saturated heterocycles. The topological polar surface area (TPSA) is 45.8 Å². The smallest absolute Gasteiger partial charge is 0.189 e. The summed E-state index contributed by atoms with van der Waals surface area (Å²) >= 11 is 0. The maximum Gasteiger partial charge on any atom is 0.189 e. The molecule has 0 bridgehead atoms. The van der Waals surface area contributed by atoms with Gasteiger partial charge in [-0.25, -0.2) is 0 Å². The third-order valence-electron chi connectivity index (χ3n) is 2.87. The number of nitriles is 1. The van der Waals surface area contributed by atoms with Crippen molar-refractivity contribution in [3.63, 3.8) is 0 Å². The predicted molar refractivity (Wildman–Crippen MR) is 66.7 cm³/mol. The minimum atomic E-state index is -0.0581. The SMILES string of the molecule is N#Cn1ccc(=O)c2cc3ccccc3cc21. The van der Waals surface area contributed by atoms with Crippen molar-refractivity contribution in [2.45, 2.75) is 0 Å². The molecular weight excluding hydrogens is 212 g/mol. The Balaban J connectivity index is 2.60. The van der Waals surface area contributed by atoms with Gasteiger partial charge >= 0.3 is 0 Å². The molecule has 0 fully saturated rings. The van der Waals surface area contributed by atoms with Crippen LogP contribution in [0.15, 0.2) is 53.5 Å². The Labute approximate surface area is 97.1 Å². The summed E-state index contributed by atoms with van der Waals surface area (Å²) in [6.45, 7) is 0. The van der Waals surface area contributed by atoms with Gasteiger partial charge in [-0.05, 0) is 22.9 Å². The molecule has 1 heterocycles. The van der Waals surface area contributed by atoms with E-state index in [0.29, 0.717) is 10.9 Å². The lowest BCUT2D eigenvalue weighted by Crippen LogP contribution is -2.04. The van der Waals surface area contributed by atoms with Crippen LogP contribution in [-0.4, -0.2) is 4.57 Å². The Bertz CT molecular complexity index is 825. The molecular formula is C14H8N2O. The molecule has 17 heavy (non-hydrogen) atoms. The minimum Gasteiger partial charge on any atom is -0.289 e. The fraction of sp³-hybridized carbons (Fsp3) is 0. The standard InChI is InChI=1S/C14H8N2O/c15-9-16-6-5-14(17)12-7-10-3-1-2-4-11(10)8-13(12)16/h1-8H. The van der Waals surface area contributed by atoms with Crippen LogP contribution >= 0.6 is 0 Å². The van der Waals surface area contributed by atoms with Crippen molar-refractivity contribution in [3.05, 3.63) is 58.9 Å². The molecule has 3 nitrogen and oxygen atoms in total. The van der Waals surface area contributed by atoms with Crippen LogP contribution in [0.1, 0.15) is 0 Å². The van der Waals surface area contributed by atoms with E-state index in [1.165, 1.54) is 16.8 Å². The minimum absolute atomic E-state index is 0.0581. The van der Waals surface area contributed by atoms with Gasteiger partial charge in [-0.1, -0.05) is 24.3 Å². The molecule has 1 aromatic heterocycles. The van der Waals surface area contributed by atoms with E-state index < -0.39 is 0 Å². The highest BCUT2D eigenvalue weighted by Gasteiger charge is 2.04. The zero-order chi connectivity index (χ0) is 11.8. The van der Waals surface area contributed by atoms with Crippen molar-refractivity contribution >= 4 is 21.7 Å². The summed E-state index contributed by atoms with van der Waals surface area (Å²) in [7, 11) is 0. The van der Waals surface area contributed by atoms with Crippen LogP contribution in [0, 0.1) is 11.5 Å². The van der Waals surface area contributed by atoms with Gasteiger partial charge in [0.1, 0.15) is 0 Å². The molecule has 0 N–H and O–H groups in total. The molecule has 0 radical (unpaired) electrons. The van der Waals surface area contributed by atoms with Gasteiger partial charge in [0.25, 0.3) is 0 Å². The van der Waals surface area contributed by atoms with E-state index in [1.54, 1.807) is 0 Å². The highest BCUT2D eigenvalue weighted by molar-refractivity contribution is 5.96. The molecule has 80 valence electrons. The average Bonchev–Trinajstić information content (AvgIpc) is 2.38. The van der Waals surface area contributed by atoms with E-state index in [4.69, 9.17) is 5.26 Å². The highest BCUT2D eigenvalue weighted by atomic mass is 16.1. The molecule has 2 aromatic carbocycles. The third-order valence-corrected chi connectivity index (χ3v) is 2.87. The third kappa shape index (κ3) is 1.39. The van der Waals surface area contributed by atoms with Gasteiger partial charge in [0, 0.05) is 17.6 Å². The van der Waals surface area contributed by atoms with Crippen LogP contribution in [0.2, 0.25) is 0 Å². The fourth-order valence-corrected chi connectivity index (χ4v) is 2.02. The van der Waals surface area contributed by atoms with Gasteiger partial charge in [-0.3, -0.25) is 9.36 Å². The predicted octanol–water partition coefficient (Wildman–Crippen LogP) is 2.48. The maximum atomic E-state index is 11.8. The first kappa shape index (κ1) is 9.61. The van der Waals surface area contributed by atoms with Crippen LogP contribution in [-0.2, 0) is 0 Å². The summed E-state index contributed by atoms with van der Waals surface area (Å²) in [5, 5.41) is 11.6. The van der Waals surface area contributed by atoms with Gasteiger partial charge in [0.15, 0.2) is 11.6 Å². The van der Waals surface area contributed by atoms with E-state index in [2.05, 4.69) is 0 Å². The maximum absolute atomic E-state index is 11.8. The van der Waals surface area contributed by atoms with Crippen molar-refractivity contribution in [2.24, 2.45) is 0 Å². The number of benzene rings is 2. The lowest BCUT2D eigenvalue weighted by molar-refractivity contribution is 1.12. The van der Waals surface area contributed by atoms with Crippen LogP contribution in [0.3, 0.4) is 0 Å². The van der Waals surface area contributed by atoms with E-state index >= 15 is 0 Å². The molecule has 0 atom stereocenters. The number of aromatic nitrogens is 1. The van der Waals surface area contributed by atoms with Crippen LogP contribution in [0.4, 0.5) is 0 Å². The van der Waals surface area contributed by atoms with Crippen molar-refractivity contribution in [2.75, 3.05) is 0 Å². The van der Waals surface area contributed by atoms with E-state index in [0.717, 1.165) is 10.8 Å². The Morgan fingerprint density at radius 3 is 2.47 bits per heavy atom. The summed E-state index contributed by atoms with van der Waals surface area (Å²) in [6, 6.07) is 12.9. The first-order chi connectivity index (χ1) is 8.29. The van der Waals surface area contributed by atoms with Gasteiger partial charge in [0.05, 0.1) is 5.52 Å². The zero-order valence-electron chi connectivity index (χ0n) is 8.92. The number of pyridine rings is 1. The molecule has 0 unspecified atom stereocenters. The van der Waals surface area contributed by atoms with E-state index in [1.807, 2.05) is 42.6 Å². The van der Waals surface area contributed by atoms with Gasteiger partial charge in [0.2, 0.25) is 0 Å². The lowest BCUT2D eigenvalue weighted by atomic mass is 10.1. The van der Waals surface area contributed by atoms with E-state index in [9.17, 15) is 4.79 Å². The second-order valence-corrected chi connectivity index (χ2v) is 3.87. The molecule has 0 spiro atoms. The average molecular weight is 220 g/mol. The van der Waals surface area contributed by atoms with Crippen LogP contribution in [0.25, 0.3) is 21.7 Å². The fourth-order valence-electron chi connectivity index (χ4n) is 2.02. The number of rotatable bonds is 0. The number of hydrogen-bond acceptors (Lipinski definition) is 2. The Morgan fingerprint density at radius 1 is 1.06 bits per heavy atom. The highest BCUT2D eigenvalue weighted by Crippen LogP contribution is 2.20. The Kier molecular flexibility index (Phi) is 1.96. The number of fused-ring (bicyclic) bond motifs is 2. The lowest BCUT2D eigenvalue weighted by Gasteiger charge is -2.04. The molecule has 0 aliphatic rings. The zero-order valence-corrected chi connectivity index (χ0v) is 8.92. The van der Waals surface area contributed by atoms with Crippen molar-refractivity contribution in [1.82, 2.24) is 4.57 Å². The quantitative estimate of drug-likeness (QED) is 0.546. The monoisotopic (exact) mass is 220 g/mol. The molecule has 0 saturated carbocycles. The van der Waals surface area contributed by atoms with Gasteiger partial charge < -0.3 is 0 Å². The first-order valence-corrected chi connectivity index (χ1v) is 5.24. The normalized spacial score (nSPS) is 10.5. The molecule has 0 amide bonds. The second kappa shape index (κ2) is 3.46. The van der Waals surface area contributed by atoms with Gasteiger partial charge in [-0.15, -0.1) is 0 Å². The Hall–Kier alpha value is -2.60. The van der Waals surface area contributed by atoms with Crippen molar-refractivity contribution in [1.29, 1.82) is 5.26 Å². The van der Waals surface area contributed by atoms with Gasteiger partial charge in [-0.2, -0.15) is 5.26 Å². The summed E-state index contributed by atoms with van der Waals surface area (Å²) in [5.74, 6) is 0. The molecule has 3 rings (SSSR count).